The van der Waals surface area contributed by atoms with Crippen molar-refractivity contribution in [3.05, 3.63) is 18.3 Å². The minimum absolute atomic E-state index is 0.284. The summed E-state index contributed by atoms with van der Waals surface area (Å²) in [6, 6.07) is 3.48. The fourth-order valence-electron chi connectivity index (χ4n) is 2.23. The molecule has 6 heteroatoms. The number of hydrogen-bond donors (Lipinski definition) is 1. The van der Waals surface area contributed by atoms with Crippen LogP contribution in [0.15, 0.2) is 18.3 Å². The van der Waals surface area contributed by atoms with Crippen LogP contribution in [0.1, 0.15) is 19.8 Å². The van der Waals surface area contributed by atoms with Crippen LogP contribution in [-0.2, 0) is 9.53 Å². The molecule has 110 valence electrons. The maximum Gasteiger partial charge on any atom is 0.341 e. The van der Waals surface area contributed by atoms with Crippen LogP contribution in [0.25, 0.3) is 0 Å². The summed E-state index contributed by atoms with van der Waals surface area (Å²) in [4.78, 5) is 17.0. The fraction of sp³-hybridized carbons (Fsp3) is 0.571. The number of aromatic nitrogens is 1. The van der Waals surface area contributed by atoms with E-state index < -0.39 is 5.97 Å². The Bertz CT molecular complexity index is 453. The first-order valence-corrected chi connectivity index (χ1v) is 6.87. The Hall–Kier alpha value is -1.82. The zero-order valence-corrected chi connectivity index (χ0v) is 11.6. The molecular formula is C14H20N2O4. The van der Waals surface area contributed by atoms with Gasteiger partial charge >= 0.3 is 5.97 Å². The number of rotatable bonds is 5. The van der Waals surface area contributed by atoms with E-state index in [2.05, 4.69) is 16.8 Å². The van der Waals surface area contributed by atoms with Gasteiger partial charge in [0.05, 0.1) is 12.7 Å². The molecule has 1 fully saturated rings. The smallest absolute Gasteiger partial charge is 0.341 e. The Labute approximate surface area is 118 Å². The summed E-state index contributed by atoms with van der Waals surface area (Å²) in [6.07, 6.45) is 3.91. The number of nitrogens with zero attached hydrogens (tertiary/aromatic N) is 2. The van der Waals surface area contributed by atoms with Crippen molar-refractivity contribution in [2.75, 3.05) is 31.2 Å². The van der Waals surface area contributed by atoms with Gasteiger partial charge in [-0.25, -0.2) is 9.78 Å². The van der Waals surface area contributed by atoms with Crippen LogP contribution in [0.3, 0.4) is 0 Å². The van der Waals surface area contributed by atoms with Crippen LogP contribution in [-0.4, -0.2) is 48.5 Å². The molecular weight excluding hydrogens is 260 g/mol. The fourth-order valence-corrected chi connectivity index (χ4v) is 2.23. The molecule has 1 aliphatic heterocycles. The van der Waals surface area contributed by atoms with Gasteiger partial charge in [-0.2, -0.15) is 0 Å². The maximum atomic E-state index is 10.6. The lowest BCUT2D eigenvalue weighted by Gasteiger charge is -2.22. The number of carboxylic acid groups (broad SMARTS) is 1. The van der Waals surface area contributed by atoms with Crippen molar-refractivity contribution >= 4 is 11.8 Å². The van der Waals surface area contributed by atoms with E-state index in [9.17, 15) is 4.79 Å². The molecule has 0 aromatic carbocycles. The summed E-state index contributed by atoms with van der Waals surface area (Å²) < 4.78 is 11.0. The largest absolute Gasteiger partial charge is 0.479 e. The number of aliphatic carboxylic acids is 1. The first kappa shape index (κ1) is 14.6. The van der Waals surface area contributed by atoms with Crippen molar-refractivity contribution in [1.29, 1.82) is 0 Å². The zero-order valence-electron chi connectivity index (χ0n) is 11.6. The van der Waals surface area contributed by atoms with Gasteiger partial charge in [-0.05, 0) is 25.0 Å². The van der Waals surface area contributed by atoms with E-state index in [1.807, 2.05) is 0 Å². The molecule has 1 unspecified atom stereocenters. The van der Waals surface area contributed by atoms with Gasteiger partial charge in [-0.15, -0.1) is 0 Å². The Morgan fingerprint density at radius 3 is 3.20 bits per heavy atom. The summed E-state index contributed by atoms with van der Waals surface area (Å²) >= 11 is 0. The number of carbonyl (C=O) groups is 1. The predicted octanol–water partition coefficient (Wildman–Crippen LogP) is 1.55. The van der Waals surface area contributed by atoms with Gasteiger partial charge in [0, 0.05) is 19.3 Å². The standard InChI is InChI=1S/C14H20N2O4/c1-2-11-5-7-16(8-9-19-11)14-12(4-3-6-15-14)20-10-13(17)18/h3-4,6,11H,2,5,7-10H2,1H3,(H,17,18). The molecule has 1 N–H and O–H groups in total. The van der Waals surface area contributed by atoms with E-state index >= 15 is 0 Å². The Kier molecular flexibility index (Phi) is 5.17. The molecule has 0 amide bonds. The van der Waals surface area contributed by atoms with Crippen LogP contribution in [0.2, 0.25) is 0 Å². The van der Waals surface area contributed by atoms with E-state index in [1.165, 1.54) is 0 Å². The summed E-state index contributed by atoms with van der Waals surface area (Å²) in [7, 11) is 0. The van der Waals surface area contributed by atoms with Crippen LogP contribution in [0, 0.1) is 0 Å². The second kappa shape index (κ2) is 7.09. The number of anilines is 1. The van der Waals surface area contributed by atoms with Gasteiger partial charge in [-0.1, -0.05) is 6.92 Å². The number of hydrogen-bond acceptors (Lipinski definition) is 5. The van der Waals surface area contributed by atoms with E-state index in [0.29, 0.717) is 18.2 Å². The highest BCUT2D eigenvalue weighted by Gasteiger charge is 2.20. The third kappa shape index (κ3) is 3.84. The first-order chi connectivity index (χ1) is 9.70. The van der Waals surface area contributed by atoms with Crippen LogP contribution in [0.4, 0.5) is 5.82 Å². The average Bonchev–Trinajstić information content (AvgIpc) is 2.70. The summed E-state index contributed by atoms with van der Waals surface area (Å²) in [5.41, 5.74) is 0. The lowest BCUT2D eigenvalue weighted by molar-refractivity contribution is -0.139. The van der Waals surface area contributed by atoms with Gasteiger partial charge in [0.25, 0.3) is 0 Å². The van der Waals surface area contributed by atoms with Crippen molar-refractivity contribution in [3.63, 3.8) is 0 Å². The van der Waals surface area contributed by atoms with Crippen molar-refractivity contribution in [3.8, 4) is 5.75 Å². The molecule has 0 bridgehead atoms. The lowest BCUT2D eigenvalue weighted by Crippen LogP contribution is -2.27. The molecule has 6 nitrogen and oxygen atoms in total. The van der Waals surface area contributed by atoms with Gasteiger partial charge < -0.3 is 19.5 Å². The van der Waals surface area contributed by atoms with Crippen LogP contribution in [0.5, 0.6) is 5.75 Å². The van der Waals surface area contributed by atoms with Gasteiger partial charge in [0.15, 0.2) is 18.2 Å². The molecule has 1 aromatic rings. The molecule has 2 rings (SSSR count). The monoisotopic (exact) mass is 280 g/mol. The summed E-state index contributed by atoms with van der Waals surface area (Å²) in [5.74, 6) is 0.198. The predicted molar refractivity (Wildman–Crippen MR) is 74.2 cm³/mol. The van der Waals surface area contributed by atoms with Crippen LogP contribution < -0.4 is 9.64 Å². The number of ether oxygens (including phenoxy) is 2. The second-order valence-electron chi connectivity index (χ2n) is 4.68. The van der Waals surface area contributed by atoms with Crippen molar-refractivity contribution in [1.82, 2.24) is 4.98 Å². The summed E-state index contributed by atoms with van der Waals surface area (Å²) in [5, 5.41) is 8.71. The average molecular weight is 280 g/mol. The van der Waals surface area contributed by atoms with Crippen LogP contribution >= 0.6 is 0 Å². The highest BCUT2D eigenvalue weighted by atomic mass is 16.5. The molecule has 20 heavy (non-hydrogen) atoms. The first-order valence-electron chi connectivity index (χ1n) is 6.87. The third-order valence-corrected chi connectivity index (χ3v) is 3.29. The highest BCUT2D eigenvalue weighted by Crippen LogP contribution is 2.26. The zero-order chi connectivity index (χ0) is 14.4. The topological polar surface area (TPSA) is 71.9 Å². The Morgan fingerprint density at radius 1 is 1.60 bits per heavy atom. The normalized spacial score (nSPS) is 19.4. The Balaban J connectivity index is 2.09. The Morgan fingerprint density at radius 2 is 2.45 bits per heavy atom. The van der Waals surface area contributed by atoms with Crippen molar-refractivity contribution in [2.24, 2.45) is 0 Å². The van der Waals surface area contributed by atoms with Gasteiger partial charge in [-0.3, -0.25) is 0 Å². The molecule has 0 saturated carbocycles. The van der Waals surface area contributed by atoms with Gasteiger partial charge in [0.1, 0.15) is 0 Å². The maximum absolute atomic E-state index is 10.6. The molecule has 1 aliphatic rings. The molecule has 1 atom stereocenters. The van der Waals surface area contributed by atoms with Gasteiger partial charge in [0.2, 0.25) is 0 Å². The number of pyridine rings is 1. The minimum atomic E-state index is -0.995. The van der Waals surface area contributed by atoms with Crippen molar-refractivity contribution in [2.45, 2.75) is 25.9 Å². The SMILES string of the molecule is CCC1CCN(c2ncccc2OCC(=O)O)CCO1. The van der Waals surface area contributed by atoms with E-state index in [1.54, 1.807) is 18.3 Å². The molecule has 0 spiro atoms. The van der Waals surface area contributed by atoms with E-state index in [4.69, 9.17) is 14.6 Å². The molecule has 0 radical (unpaired) electrons. The van der Waals surface area contributed by atoms with Crippen molar-refractivity contribution < 1.29 is 19.4 Å². The third-order valence-electron chi connectivity index (χ3n) is 3.29. The molecule has 0 aliphatic carbocycles. The minimum Gasteiger partial charge on any atom is -0.479 e. The number of carboxylic acids is 1. The summed E-state index contributed by atoms with van der Waals surface area (Å²) in [6.45, 7) is 3.96. The van der Waals surface area contributed by atoms with E-state index in [0.717, 1.165) is 25.9 Å². The molecule has 1 saturated heterocycles. The molecule has 1 aromatic heterocycles. The molecule has 2 heterocycles. The second-order valence-corrected chi connectivity index (χ2v) is 4.68. The highest BCUT2D eigenvalue weighted by molar-refractivity contribution is 5.69. The van der Waals surface area contributed by atoms with E-state index in [-0.39, 0.29) is 12.7 Å². The lowest BCUT2D eigenvalue weighted by atomic mass is 10.2. The quantitative estimate of drug-likeness (QED) is 0.882.